The van der Waals surface area contributed by atoms with Gasteiger partial charge in [0.25, 0.3) is 0 Å². The summed E-state index contributed by atoms with van der Waals surface area (Å²) in [7, 11) is 0. The van der Waals surface area contributed by atoms with Gasteiger partial charge in [-0.25, -0.2) is 15.0 Å². The van der Waals surface area contributed by atoms with Crippen molar-refractivity contribution in [2.24, 2.45) is 0 Å². The molecule has 3 aromatic rings. The summed E-state index contributed by atoms with van der Waals surface area (Å²) in [5.41, 5.74) is 9.84. The van der Waals surface area contributed by atoms with E-state index in [1.165, 1.54) is 0 Å². The Morgan fingerprint density at radius 3 is 2.67 bits per heavy atom. The lowest BCUT2D eigenvalue weighted by molar-refractivity contribution is 0.989. The average Bonchev–Trinajstić information content (AvgIpc) is 2.50. The summed E-state index contributed by atoms with van der Waals surface area (Å²) < 4.78 is 0.927. The van der Waals surface area contributed by atoms with Crippen LogP contribution < -0.4 is 5.73 Å². The van der Waals surface area contributed by atoms with Gasteiger partial charge in [-0.05, 0) is 53.6 Å². The van der Waals surface area contributed by atoms with Gasteiger partial charge < -0.3 is 5.73 Å². The second-order valence-electron chi connectivity index (χ2n) is 4.89. The van der Waals surface area contributed by atoms with Gasteiger partial charge in [0.1, 0.15) is 11.5 Å². The molecule has 0 spiro atoms. The molecule has 0 bridgehead atoms. The van der Waals surface area contributed by atoms with Crippen LogP contribution in [0.1, 0.15) is 18.2 Å². The summed E-state index contributed by atoms with van der Waals surface area (Å²) in [6, 6.07) is 10.1. The van der Waals surface area contributed by atoms with Crippen LogP contribution in [0.2, 0.25) is 0 Å². The van der Waals surface area contributed by atoms with Crippen LogP contribution in [0.3, 0.4) is 0 Å². The molecule has 106 valence electrons. The monoisotopic (exact) mass is 390 g/mol. The van der Waals surface area contributed by atoms with Crippen LogP contribution in [0.4, 0.5) is 5.82 Å². The first-order valence-electron chi connectivity index (χ1n) is 6.78. The summed E-state index contributed by atoms with van der Waals surface area (Å²) in [4.78, 5) is 13.7. The molecule has 0 saturated heterocycles. The molecule has 21 heavy (non-hydrogen) atoms. The lowest BCUT2D eigenvalue weighted by Crippen LogP contribution is -2.05. The molecule has 2 heterocycles. The molecule has 0 amide bonds. The fourth-order valence-electron chi connectivity index (χ4n) is 2.33. The maximum atomic E-state index is 6.00. The zero-order valence-corrected chi connectivity index (χ0v) is 14.0. The number of para-hydroxylation sites is 1. The van der Waals surface area contributed by atoms with E-state index in [0.29, 0.717) is 11.6 Å². The standard InChI is InChI=1S/C16H15IN4/c1-3-11-14(17)15(18)21-16(20-11)13-8-9(2)10-6-4-5-7-12(10)19-13/h4-8H,3H2,1-2H3,(H2,18,20,21). The van der Waals surface area contributed by atoms with E-state index < -0.39 is 0 Å². The SMILES string of the molecule is CCc1nc(-c2cc(C)c3ccccc3n2)nc(N)c1I. The van der Waals surface area contributed by atoms with E-state index >= 15 is 0 Å². The van der Waals surface area contributed by atoms with Crippen molar-refractivity contribution in [2.45, 2.75) is 20.3 Å². The number of pyridine rings is 1. The molecule has 0 fully saturated rings. The molecule has 5 heteroatoms. The number of hydrogen-bond acceptors (Lipinski definition) is 4. The average molecular weight is 390 g/mol. The topological polar surface area (TPSA) is 64.7 Å². The number of nitrogens with zero attached hydrogens (tertiary/aromatic N) is 3. The van der Waals surface area contributed by atoms with E-state index in [1.54, 1.807) is 0 Å². The highest BCUT2D eigenvalue weighted by Gasteiger charge is 2.12. The van der Waals surface area contributed by atoms with E-state index in [4.69, 9.17) is 5.73 Å². The highest BCUT2D eigenvalue weighted by Crippen LogP contribution is 2.25. The number of hydrogen-bond donors (Lipinski definition) is 1. The lowest BCUT2D eigenvalue weighted by Gasteiger charge is -2.09. The van der Waals surface area contributed by atoms with E-state index in [-0.39, 0.29) is 0 Å². The van der Waals surface area contributed by atoms with E-state index in [1.807, 2.05) is 24.3 Å². The van der Waals surface area contributed by atoms with Crippen LogP contribution in [0.5, 0.6) is 0 Å². The highest BCUT2D eigenvalue weighted by molar-refractivity contribution is 14.1. The Morgan fingerprint density at radius 1 is 1.14 bits per heavy atom. The summed E-state index contributed by atoms with van der Waals surface area (Å²) >= 11 is 2.19. The normalized spacial score (nSPS) is 11.0. The number of halogens is 1. The van der Waals surface area contributed by atoms with Gasteiger partial charge in [-0.2, -0.15) is 0 Å². The second kappa shape index (κ2) is 5.55. The van der Waals surface area contributed by atoms with Crippen LogP contribution >= 0.6 is 22.6 Å². The molecule has 2 aromatic heterocycles. The zero-order chi connectivity index (χ0) is 15.0. The van der Waals surface area contributed by atoms with Gasteiger partial charge in [-0.3, -0.25) is 0 Å². The molecule has 4 nitrogen and oxygen atoms in total. The van der Waals surface area contributed by atoms with Gasteiger partial charge in [0.15, 0.2) is 5.82 Å². The molecule has 0 aliphatic carbocycles. The quantitative estimate of drug-likeness (QED) is 0.677. The maximum Gasteiger partial charge on any atom is 0.180 e. The molecular weight excluding hydrogens is 375 g/mol. The minimum absolute atomic E-state index is 0.519. The molecule has 0 aliphatic heterocycles. The van der Waals surface area contributed by atoms with E-state index in [9.17, 15) is 0 Å². The Hall–Kier alpha value is -1.76. The molecule has 1 aromatic carbocycles. The molecule has 0 atom stereocenters. The maximum absolute atomic E-state index is 6.00. The van der Waals surface area contributed by atoms with Crippen molar-refractivity contribution < 1.29 is 0 Å². The van der Waals surface area contributed by atoms with Crippen LogP contribution in [0, 0.1) is 10.5 Å². The minimum Gasteiger partial charge on any atom is -0.383 e. The molecule has 0 aliphatic rings. The summed E-state index contributed by atoms with van der Waals surface area (Å²) in [6.07, 6.45) is 0.824. The van der Waals surface area contributed by atoms with Gasteiger partial charge in [-0.15, -0.1) is 0 Å². The van der Waals surface area contributed by atoms with Crippen molar-refractivity contribution in [3.05, 3.63) is 45.2 Å². The van der Waals surface area contributed by atoms with Gasteiger partial charge in [0.2, 0.25) is 0 Å². The number of aryl methyl sites for hydroxylation is 2. The predicted octanol–water partition coefficient (Wildman–Crippen LogP) is 3.75. The number of nitrogens with two attached hydrogens (primary N) is 1. The fourth-order valence-corrected chi connectivity index (χ4v) is 2.95. The number of fused-ring (bicyclic) bond motifs is 1. The molecule has 0 unspecified atom stereocenters. The van der Waals surface area contributed by atoms with Crippen molar-refractivity contribution >= 4 is 39.3 Å². The van der Waals surface area contributed by atoms with Crippen molar-refractivity contribution in [2.75, 3.05) is 5.73 Å². The van der Waals surface area contributed by atoms with E-state index in [0.717, 1.165) is 37.8 Å². The minimum atomic E-state index is 0.519. The number of aromatic nitrogens is 3. The molecule has 0 saturated carbocycles. The Balaban J connectivity index is 2.23. The Morgan fingerprint density at radius 2 is 1.90 bits per heavy atom. The third kappa shape index (κ3) is 2.57. The van der Waals surface area contributed by atoms with Crippen molar-refractivity contribution in [1.82, 2.24) is 15.0 Å². The molecule has 3 rings (SSSR count). The summed E-state index contributed by atoms with van der Waals surface area (Å²) in [5.74, 6) is 1.11. The van der Waals surface area contributed by atoms with Gasteiger partial charge in [0.05, 0.1) is 14.8 Å². The zero-order valence-electron chi connectivity index (χ0n) is 11.9. The van der Waals surface area contributed by atoms with E-state index in [2.05, 4.69) is 57.5 Å². The van der Waals surface area contributed by atoms with Crippen molar-refractivity contribution in [1.29, 1.82) is 0 Å². The first kappa shape index (κ1) is 14.2. The number of nitrogen functional groups attached to an aromatic ring is 1. The van der Waals surface area contributed by atoms with Gasteiger partial charge >= 0.3 is 0 Å². The molecular formula is C16H15IN4. The van der Waals surface area contributed by atoms with Crippen molar-refractivity contribution in [3.8, 4) is 11.5 Å². The third-order valence-electron chi connectivity index (χ3n) is 3.43. The molecule has 0 radical (unpaired) electrons. The number of benzene rings is 1. The molecule has 2 N–H and O–H groups in total. The first-order valence-corrected chi connectivity index (χ1v) is 7.86. The second-order valence-corrected chi connectivity index (χ2v) is 5.97. The van der Waals surface area contributed by atoms with Crippen molar-refractivity contribution in [3.63, 3.8) is 0 Å². The smallest absolute Gasteiger partial charge is 0.180 e. The van der Waals surface area contributed by atoms with Crippen LogP contribution in [-0.4, -0.2) is 15.0 Å². The summed E-state index contributed by atoms with van der Waals surface area (Å²) in [5, 5.41) is 1.15. The summed E-state index contributed by atoms with van der Waals surface area (Å²) in [6.45, 7) is 4.14. The Kier molecular flexibility index (Phi) is 3.75. The van der Waals surface area contributed by atoms with Gasteiger partial charge in [-0.1, -0.05) is 25.1 Å². The van der Waals surface area contributed by atoms with Crippen LogP contribution in [0.15, 0.2) is 30.3 Å². The predicted molar refractivity (Wildman–Crippen MR) is 94.0 cm³/mol. The Bertz CT molecular complexity index is 830. The fraction of sp³-hybridized carbons (Fsp3) is 0.188. The number of anilines is 1. The Labute approximate surface area is 137 Å². The van der Waals surface area contributed by atoms with Crippen LogP contribution in [0.25, 0.3) is 22.4 Å². The van der Waals surface area contributed by atoms with Crippen LogP contribution in [-0.2, 0) is 6.42 Å². The van der Waals surface area contributed by atoms with Gasteiger partial charge in [0, 0.05) is 5.39 Å². The first-order chi connectivity index (χ1) is 10.1. The number of rotatable bonds is 2. The lowest BCUT2D eigenvalue weighted by atomic mass is 10.1. The largest absolute Gasteiger partial charge is 0.383 e. The highest BCUT2D eigenvalue weighted by atomic mass is 127. The third-order valence-corrected chi connectivity index (χ3v) is 4.61.